The minimum Gasteiger partial charge on any atom is -0.508 e. The Hall–Kier alpha value is -1.80. The summed E-state index contributed by atoms with van der Waals surface area (Å²) in [5, 5.41) is 9.39. The number of benzene rings is 1. The normalized spacial score (nSPS) is 23.1. The van der Waals surface area contributed by atoms with Crippen molar-refractivity contribution in [1.29, 1.82) is 0 Å². The second kappa shape index (κ2) is 7.84. The molecule has 1 aromatic rings. The van der Waals surface area contributed by atoms with Crippen LogP contribution >= 0.6 is 0 Å². The number of amides is 1. The summed E-state index contributed by atoms with van der Waals surface area (Å²) in [6, 6.07) is 6.99. The molecule has 2 aliphatic heterocycles. The maximum atomic E-state index is 12.7. The lowest BCUT2D eigenvalue weighted by Crippen LogP contribution is -2.51. The van der Waals surface area contributed by atoms with Gasteiger partial charge in [-0.05, 0) is 37.6 Å². The highest BCUT2D eigenvalue weighted by Crippen LogP contribution is 2.21. The van der Waals surface area contributed by atoms with Crippen LogP contribution in [0.25, 0.3) is 0 Å². The Bertz CT molecular complexity index is 727. The Morgan fingerprint density at radius 1 is 1.19 bits per heavy atom. The first-order valence-corrected chi connectivity index (χ1v) is 11.0. The van der Waals surface area contributed by atoms with E-state index in [4.69, 9.17) is 0 Å². The van der Waals surface area contributed by atoms with Gasteiger partial charge in [-0.25, -0.2) is 8.42 Å². The van der Waals surface area contributed by atoms with Crippen molar-refractivity contribution in [2.75, 3.05) is 55.7 Å². The number of rotatable bonds is 5. The molecule has 0 spiro atoms. The van der Waals surface area contributed by atoms with Crippen molar-refractivity contribution in [2.24, 2.45) is 0 Å². The Morgan fingerprint density at radius 3 is 2.38 bits per heavy atom. The van der Waals surface area contributed by atoms with Crippen molar-refractivity contribution in [2.45, 2.75) is 19.4 Å². The van der Waals surface area contributed by atoms with Gasteiger partial charge in [0.05, 0.1) is 18.1 Å². The van der Waals surface area contributed by atoms with E-state index in [1.54, 1.807) is 17.0 Å². The number of phenols is 1. The van der Waals surface area contributed by atoms with Crippen LogP contribution < -0.4 is 4.90 Å². The zero-order valence-electron chi connectivity index (χ0n) is 15.2. The molecule has 2 fully saturated rings. The molecule has 144 valence electrons. The minimum absolute atomic E-state index is 0.0210. The van der Waals surface area contributed by atoms with Crippen molar-refractivity contribution < 1.29 is 18.3 Å². The molecular weight excluding hydrogens is 354 g/mol. The van der Waals surface area contributed by atoms with Gasteiger partial charge in [0.15, 0.2) is 9.84 Å². The molecule has 0 aliphatic carbocycles. The summed E-state index contributed by atoms with van der Waals surface area (Å²) in [7, 11) is -2.99. The molecule has 3 rings (SSSR count). The fourth-order valence-electron chi connectivity index (χ4n) is 3.77. The average Bonchev–Trinajstić information content (AvgIpc) is 2.96. The quantitative estimate of drug-likeness (QED) is 0.802. The molecule has 0 aromatic heterocycles. The second-order valence-electron chi connectivity index (χ2n) is 7.02. The molecule has 1 N–H and O–H groups in total. The van der Waals surface area contributed by atoms with Crippen molar-refractivity contribution in [1.82, 2.24) is 9.80 Å². The number of hydrogen-bond donors (Lipinski definition) is 1. The Morgan fingerprint density at radius 2 is 1.85 bits per heavy atom. The fraction of sp³-hybridized carbons (Fsp3) is 0.611. The SMILES string of the molecule is CCN(C(=O)CN1CCN(c2ccc(O)cc2)CC1)[C@@H]1CCS(=O)(=O)C1. The van der Waals surface area contributed by atoms with E-state index in [0.717, 1.165) is 31.9 Å². The molecule has 7 nitrogen and oxygen atoms in total. The lowest BCUT2D eigenvalue weighted by atomic mass is 10.2. The van der Waals surface area contributed by atoms with E-state index in [1.807, 2.05) is 19.1 Å². The first-order valence-electron chi connectivity index (χ1n) is 9.14. The van der Waals surface area contributed by atoms with Gasteiger partial charge >= 0.3 is 0 Å². The van der Waals surface area contributed by atoms with Crippen LogP contribution in [0.15, 0.2) is 24.3 Å². The number of aromatic hydroxyl groups is 1. The molecule has 0 unspecified atom stereocenters. The van der Waals surface area contributed by atoms with Gasteiger partial charge in [0.1, 0.15) is 5.75 Å². The van der Waals surface area contributed by atoms with Gasteiger partial charge in [-0.1, -0.05) is 0 Å². The zero-order chi connectivity index (χ0) is 18.7. The predicted octanol–water partition coefficient (Wildman–Crippen LogP) is 0.550. The number of nitrogens with zero attached hydrogens (tertiary/aromatic N) is 3. The molecule has 0 radical (unpaired) electrons. The van der Waals surface area contributed by atoms with Gasteiger partial charge in [-0.2, -0.15) is 0 Å². The van der Waals surface area contributed by atoms with Crippen LogP contribution in [0, 0.1) is 0 Å². The molecule has 0 saturated carbocycles. The van der Waals surface area contributed by atoms with E-state index in [0.29, 0.717) is 19.5 Å². The number of hydrogen-bond acceptors (Lipinski definition) is 6. The highest BCUT2D eigenvalue weighted by atomic mass is 32.2. The summed E-state index contributed by atoms with van der Waals surface area (Å²) in [6.45, 7) is 6.01. The minimum atomic E-state index is -2.99. The lowest BCUT2D eigenvalue weighted by Gasteiger charge is -2.37. The van der Waals surface area contributed by atoms with Crippen LogP contribution in [0.2, 0.25) is 0 Å². The Labute approximate surface area is 155 Å². The molecule has 26 heavy (non-hydrogen) atoms. The lowest BCUT2D eigenvalue weighted by molar-refractivity contribution is -0.134. The Kier molecular flexibility index (Phi) is 5.72. The summed E-state index contributed by atoms with van der Waals surface area (Å²) in [5.41, 5.74) is 1.07. The summed E-state index contributed by atoms with van der Waals surface area (Å²) in [6.07, 6.45) is 0.552. The molecule has 1 amide bonds. The number of sulfone groups is 1. The molecule has 1 aromatic carbocycles. The molecule has 2 saturated heterocycles. The predicted molar refractivity (Wildman–Crippen MR) is 101 cm³/mol. The number of piperazine rings is 1. The van der Waals surface area contributed by atoms with Gasteiger partial charge in [-0.15, -0.1) is 0 Å². The van der Waals surface area contributed by atoms with E-state index in [9.17, 15) is 18.3 Å². The van der Waals surface area contributed by atoms with E-state index >= 15 is 0 Å². The fourth-order valence-corrected chi connectivity index (χ4v) is 5.50. The molecule has 1 atom stereocenters. The highest BCUT2D eigenvalue weighted by Gasteiger charge is 2.34. The zero-order valence-corrected chi connectivity index (χ0v) is 16.0. The molecule has 8 heteroatoms. The maximum absolute atomic E-state index is 12.7. The van der Waals surface area contributed by atoms with Crippen molar-refractivity contribution >= 4 is 21.4 Å². The third kappa shape index (κ3) is 4.48. The van der Waals surface area contributed by atoms with Crippen molar-refractivity contribution in [3.8, 4) is 5.75 Å². The number of carbonyl (C=O) groups is 1. The molecule has 2 aliphatic rings. The van der Waals surface area contributed by atoms with Crippen molar-refractivity contribution in [3.63, 3.8) is 0 Å². The summed E-state index contributed by atoms with van der Waals surface area (Å²) >= 11 is 0. The van der Waals surface area contributed by atoms with Gasteiger partial charge < -0.3 is 14.9 Å². The highest BCUT2D eigenvalue weighted by molar-refractivity contribution is 7.91. The van der Waals surface area contributed by atoms with Crippen LogP contribution in [0.1, 0.15) is 13.3 Å². The monoisotopic (exact) mass is 381 g/mol. The van der Waals surface area contributed by atoms with Gasteiger partial charge in [0.25, 0.3) is 0 Å². The molecule has 2 heterocycles. The molecular formula is C18H27N3O4S. The molecule has 0 bridgehead atoms. The summed E-state index contributed by atoms with van der Waals surface area (Å²) in [5.74, 6) is 0.563. The summed E-state index contributed by atoms with van der Waals surface area (Å²) in [4.78, 5) is 18.8. The topological polar surface area (TPSA) is 81.2 Å². The van der Waals surface area contributed by atoms with Crippen LogP contribution in [-0.2, 0) is 14.6 Å². The van der Waals surface area contributed by atoms with E-state index < -0.39 is 9.84 Å². The average molecular weight is 381 g/mol. The van der Waals surface area contributed by atoms with Crippen LogP contribution in [0.5, 0.6) is 5.75 Å². The van der Waals surface area contributed by atoms with Crippen LogP contribution in [-0.4, -0.2) is 86.0 Å². The van der Waals surface area contributed by atoms with Crippen molar-refractivity contribution in [3.05, 3.63) is 24.3 Å². The number of carbonyl (C=O) groups excluding carboxylic acids is 1. The first kappa shape index (κ1) is 19.0. The Balaban J connectivity index is 1.51. The summed E-state index contributed by atoms with van der Waals surface area (Å²) < 4.78 is 23.4. The third-order valence-corrected chi connectivity index (χ3v) is 7.01. The van der Waals surface area contributed by atoms with E-state index in [1.165, 1.54) is 0 Å². The number of anilines is 1. The maximum Gasteiger partial charge on any atom is 0.237 e. The van der Waals surface area contributed by atoms with Gasteiger partial charge in [0, 0.05) is 44.5 Å². The third-order valence-electron chi connectivity index (χ3n) is 5.26. The van der Waals surface area contributed by atoms with Crippen LogP contribution in [0.3, 0.4) is 0 Å². The number of likely N-dealkylation sites (N-methyl/N-ethyl adjacent to an activating group) is 1. The van der Waals surface area contributed by atoms with Gasteiger partial charge in [0.2, 0.25) is 5.91 Å². The first-order chi connectivity index (χ1) is 12.4. The van der Waals surface area contributed by atoms with E-state index in [2.05, 4.69) is 9.80 Å². The standard InChI is InChI=1S/C18H27N3O4S/c1-2-21(16-7-12-26(24,25)14-16)18(23)13-19-8-10-20(11-9-19)15-3-5-17(22)6-4-15/h3-6,16,22H,2,7-14H2,1H3/t16-/m1/s1. The van der Waals surface area contributed by atoms with E-state index in [-0.39, 0.29) is 29.2 Å². The van der Waals surface area contributed by atoms with Crippen LogP contribution in [0.4, 0.5) is 5.69 Å². The smallest absolute Gasteiger partial charge is 0.237 e. The van der Waals surface area contributed by atoms with Gasteiger partial charge in [-0.3, -0.25) is 9.69 Å². The number of phenolic OH excluding ortho intramolecular Hbond substituents is 1. The largest absolute Gasteiger partial charge is 0.508 e. The second-order valence-corrected chi connectivity index (χ2v) is 9.24.